The molecule has 0 spiro atoms. The summed E-state index contributed by atoms with van der Waals surface area (Å²) in [6.07, 6.45) is 3.59. The van der Waals surface area contributed by atoms with E-state index < -0.39 is 34.7 Å². The van der Waals surface area contributed by atoms with Crippen molar-refractivity contribution in [3.8, 4) is 0 Å². The summed E-state index contributed by atoms with van der Waals surface area (Å²) in [6, 6.07) is 0. The van der Waals surface area contributed by atoms with Gasteiger partial charge in [0.1, 0.15) is 11.6 Å². The lowest BCUT2D eigenvalue weighted by Crippen LogP contribution is -2.61. The molecule has 2 aliphatic heterocycles. The second-order valence-electron chi connectivity index (χ2n) is 12.8. The molecule has 7 heteroatoms. The molecular weight excluding hydrogens is 436 g/mol. The zero-order chi connectivity index (χ0) is 25.3. The zero-order valence-corrected chi connectivity index (χ0v) is 21.4. The van der Waals surface area contributed by atoms with Crippen molar-refractivity contribution in [1.82, 2.24) is 0 Å². The van der Waals surface area contributed by atoms with E-state index in [-0.39, 0.29) is 53.9 Å². The first-order valence-electron chi connectivity index (χ1n) is 13.2. The summed E-state index contributed by atoms with van der Waals surface area (Å²) in [5, 5.41) is 42.1. The number of aliphatic hydroxyl groups is 4. The lowest BCUT2D eigenvalue weighted by Gasteiger charge is -2.50. The molecule has 0 aromatic carbocycles. The number of rotatable bonds is 8. The maximum absolute atomic E-state index is 14.0. The van der Waals surface area contributed by atoms with Gasteiger partial charge < -0.3 is 25.2 Å². The summed E-state index contributed by atoms with van der Waals surface area (Å²) in [5.41, 5.74) is -2.62. The van der Waals surface area contributed by atoms with E-state index in [1.54, 1.807) is 20.8 Å². The van der Waals surface area contributed by atoms with E-state index >= 15 is 0 Å². The fourth-order valence-electron chi connectivity index (χ4n) is 8.28. The molecule has 10 atom stereocenters. The van der Waals surface area contributed by atoms with Gasteiger partial charge in [-0.25, -0.2) is 0 Å². The van der Waals surface area contributed by atoms with Crippen LogP contribution < -0.4 is 0 Å². The third-order valence-electron chi connectivity index (χ3n) is 10.5. The highest BCUT2D eigenvalue weighted by Crippen LogP contribution is 2.66. The van der Waals surface area contributed by atoms with Crippen LogP contribution in [0.5, 0.6) is 0 Å². The molecule has 3 unspecified atom stereocenters. The van der Waals surface area contributed by atoms with Crippen molar-refractivity contribution in [2.45, 2.75) is 110 Å². The third-order valence-corrected chi connectivity index (χ3v) is 10.5. The molecular formula is C27H44O7. The average molecular weight is 481 g/mol. The van der Waals surface area contributed by atoms with Crippen molar-refractivity contribution in [3.05, 3.63) is 0 Å². The minimum absolute atomic E-state index is 0.0118. The Balaban J connectivity index is 1.63. The fourth-order valence-corrected chi connectivity index (χ4v) is 8.28. The molecule has 0 aromatic heterocycles. The molecule has 0 amide bonds. The number of aliphatic hydroxyl groups excluding tert-OH is 2. The number of carbonyl (C=O) groups is 2. The van der Waals surface area contributed by atoms with Gasteiger partial charge in [0, 0.05) is 18.9 Å². The fraction of sp³-hybridized carbons (Fsp3) is 0.926. The summed E-state index contributed by atoms with van der Waals surface area (Å²) < 4.78 is 6.04. The number of hydrogen-bond donors (Lipinski definition) is 4. The van der Waals surface area contributed by atoms with Crippen molar-refractivity contribution in [3.63, 3.8) is 0 Å². The molecule has 34 heavy (non-hydrogen) atoms. The van der Waals surface area contributed by atoms with E-state index in [1.165, 1.54) is 0 Å². The quantitative estimate of drug-likeness (QED) is 0.421. The number of carbonyl (C=O) groups excluding carboxylic acids is 2. The summed E-state index contributed by atoms with van der Waals surface area (Å²) in [6.45, 7) is 9.25. The predicted octanol–water partition coefficient (Wildman–Crippen LogP) is 2.61. The van der Waals surface area contributed by atoms with Crippen LogP contribution in [0, 0.1) is 40.4 Å². The van der Waals surface area contributed by atoms with E-state index in [0.29, 0.717) is 25.7 Å². The highest BCUT2D eigenvalue weighted by Gasteiger charge is 2.75. The molecule has 2 heterocycles. The highest BCUT2D eigenvalue weighted by atomic mass is 16.6. The van der Waals surface area contributed by atoms with Crippen LogP contribution in [-0.4, -0.2) is 62.2 Å². The molecule has 7 nitrogen and oxygen atoms in total. The summed E-state index contributed by atoms with van der Waals surface area (Å²) >= 11 is 0. The molecule has 2 saturated heterocycles. The largest absolute Gasteiger partial charge is 0.396 e. The summed E-state index contributed by atoms with van der Waals surface area (Å²) in [7, 11) is 0. The first-order chi connectivity index (χ1) is 15.7. The molecule has 0 aromatic rings. The second kappa shape index (κ2) is 8.62. The van der Waals surface area contributed by atoms with Gasteiger partial charge in [-0.15, -0.1) is 0 Å². The van der Waals surface area contributed by atoms with E-state index in [2.05, 4.69) is 13.8 Å². The van der Waals surface area contributed by atoms with Crippen LogP contribution in [-0.2, 0) is 14.3 Å². The lowest BCUT2D eigenvalue weighted by atomic mass is 9.61. The van der Waals surface area contributed by atoms with Gasteiger partial charge in [0.25, 0.3) is 0 Å². The second-order valence-corrected chi connectivity index (χ2v) is 12.8. The monoisotopic (exact) mass is 480 g/mol. The molecule has 4 aliphatic rings. The Morgan fingerprint density at radius 2 is 1.82 bits per heavy atom. The van der Waals surface area contributed by atoms with Crippen LogP contribution in [0.1, 0.15) is 86.0 Å². The van der Waals surface area contributed by atoms with Crippen molar-refractivity contribution in [2.24, 2.45) is 40.4 Å². The van der Waals surface area contributed by atoms with Gasteiger partial charge in [-0.05, 0) is 88.9 Å². The number of hydrogen-bond acceptors (Lipinski definition) is 7. The molecule has 2 aliphatic carbocycles. The number of ether oxygens (including phenoxy) is 1. The van der Waals surface area contributed by atoms with Crippen LogP contribution in [0.3, 0.4) is 0 Å². The van der Waals surface area contributed by atoms with Gasteiger partial charge in [-0.3, -0.25) is 9.59 Å². The Bertz CT molecular complexity index is 820. The lowest BCUT2D eigenvalue weighted by molar-refractivity contribution is -0.324. The van der Waals surface area contributed by atoms with Crippen LogP contribution in [0.15, 0.2) is 0 Å². The van der Waals surface area contributed by atoms with Crippen LogP contribution in [0.4, 0.5) is 0 Å². The van der Waals surface area contributed by atoms with Crippen LogP contribution >= 0.6 is 0 Å². The average Bonchev–Trinajstić information content (AvgIpc) is 3.16. The normalized spacial score (nSPS) is 46.1. The van der Waals surface area contributed by atoms with Gasteiger partial charge in [0.2, 0.25) is 0 Å². The minimum atomic E-state index is -1.73. The SMILES string of the molecule is C[C@H](CC[C@@H](O)C(C)(C)O)[C@H]1CC[C@@H]([C@@H]2C(=O)C3(C)CCC4CC(=O)[C@@H]2C3(O)O4)[C@]1(C)CCO. The molecule has 4 N–H and O–H groups in total. The highest BCUT2D eigenvalue weighted by molar-refractivity contribution is 5.99. The van der Waals surface area contributed by atoms with Gasteiger partial charge >= 0.3 is 0 Å². The Morgan fingerprint density at radius 3 is 2.44 bits per heavy atom. The van der Waals surface area contributed by atoms with Crippen LogP contribution in [0.25, 0.3) is 0 Å². The third kappa shape index (κ3) is 3.73. The number of fused-ring (bicyclic) bond motifs is 1. The van der Waals surface area contributed by atoms with E-state index in [9.17, 15) is 30.0 Å². The van der Waals surface area contributed by atoms with E-state index in [0.717, 1.165) is 19.3 Å². The smallest absolute Gasteiger partial charge is 0.188 e. The van der Waals surface area contributed by atoms with E-state index in [1.807, 2.05) is 0 Å². The molecule has 4 fully saturated rings. The summed E-state index contributed by atoms with van der Waals surface area (Å²) in [5.74, 6) is -2.99. The van der Waals surface area contributed by atoms with E-state index in [4.69, 9.17) is 4.74 Å². The number of Topliss-reactive ketones (excluding diaryl/α,β-unsaturated/α-hetero) is 2. The zero-order valence-electron chi connectivity index (χ0n) is 21.4. The first kappa shape index (κ1) is 26.2. The van der Waals surface area contributed by atoms with Crippen molar-refractivity contribution < 1.29 is 34.8 Å². The Hall–Kier alpha value is -0.860. The number of ketones is 2. The topological polar surface area (TPSA) is 124 Å². The van der Waals surface area contributed by atoms with Crippen molar-refractivity contribution in [1.29, 1.82) is 0 Å². The maximum atomic E-state index is 14.0. The Kier molecular flexibility index (Phi) is 6.64. The van der Waals surface area contributed by atoms with Crippen molar-refractivity contribution >= 4 is 11.6 Å². The van der Waals surface area contributed by atoms with Gasteiger partial charge in [-0.2, -0.15) is 0 Å². The van der Waals surface area contributed by atoms with Crippen molar-refractivity contribution in [2.75, 3.05) is 6.61 Å². The van der Waals surface area contributed by atoms with Gasteiger partial charge in [0.05, 0.1) is 29.1 Å². The van der Waals surface area contributed by atoms with Gasteiger partial charge in [0.15, 0.2) is 5.79 Å². The molecule has 0 radical (unpaired) electrons. The molecule has 4 rings (SSSR count). The van der Waals surface area contributed by atoms with Gasteiger partial charge in [-0.1, -0.05) is 13.8 Å². The minimum Gasteiger partial charge on any atom is -0.396 e. The standard InChI is InChI=1S/C27H44O7/c1-15(6-9-20(30)24(2,3)32)17-7-8-18(25(17,4)12-13-28)21-22-19(29)14-16-10-11-26(5,23(21)31)27(22,33)34-16/h15-18,20-22,28,30,32-33H,6-14H2,1-5H3/t15-,16?,17-,18+,20-,21+,22+,25-,26?,27?/m1/s1. The van der Waals surface area contributed by atoms with Crippen LogP contribution in [0.2, 0.25) is 0 Å². The molecule has 2 saturated carbocycles. The summed E-state index contributed by atoms with van der Waals surface area (Å²) in [4.78, 5) is 27.3. The molecule has 194 valence electrons. The molecule has 2 bridgehead atoms. The Labute approximate surface area is 203 Å². The maximum Gasteiger partial charge on any atom is 0.188 e. The predicted molar refractivity (Wildman–Crippen MR) is 126 cm³/mol. The first-order valence-corrected chi connectivity index (χ1v) is 13.2. The Morgan fingerprint density at radius 1 is 1.15 bits per heavy atom.